The first-order valence-corrected chi connectivity index (χ1v) is 7.93. The highest BCUT2D eigenvalue weighted by atomic mass is 79.9. The maximum Gasteiger partial charge on any atom is 0.284 e. The normalized spacial score (nSPS) is 10.2. The molecule has 0 atom stereocenters. The highest BCUT2D eigenvalue weighted by molar-refractivity contribution is 9.10. The number of hydrogen-bond acceptors (Lipinski definition) is 4. The van der Waals surface area contributed by atoms with Crippen LogP contribution >= 0.6 is 27.7 Å². The second-order valence-electron chi connectivity index (χ2n) is 4.05. The Morgan fingerprint density at radius 3 is 2.62 bits per heavy atom. The zero-order valence-corrected chi connectivity index (χ0v) is 13.4. The molecule has 0 bridgehead atoms. The van der Waals surface area contributed by atoms with Crippen molar-refractivity contribution in [2.45, 2.75) is 4.90 Å². The van der Waals surface area contributed by atoms with Crippen molar-refractivity contribution in [1.82, 2.24) is 0 Å². The second-order valence-corrected chi connectivity index (χ2v) is 5.69. The van der Waals surface area contributed by atoms with E-state index in [4.69, 9.17) is 0 Å². The van der Waals surface area contributed by atoms with Crippen LogP contribution in [0.3, 0.4) is 0 Å². The van der Waals surface area contributed by atoms with E-state index in [0.29, 0.717) is 5.69 Å². The Kier molecular flexibility index (Phi) is 4.98. The minimum atomic E-state index is -0.531. The van der Waals surface area contributed by atoms with Crippen LogP contribution in [0.4, 0.5) is 11.4 Å². The number of nitrogens with one attached hydrogen (secondary N) is 1. The molecule has 1 N–H and O–H groups in total. The highest BCUT2D eigenvalue weighted by Crippen LogP contribution is 2.30. The number of carbonyl (C=O) groups excluding carboxylic acids is 1. The van der Waals surface area contributed by atoms with E-state index in [-0.39, 0.29) is 15.7 Å². The lowest BCUT2D eigenvalue weighted by atomic mass is 10.2. The molecule has 0 saturated carbocycles. The summed E-state index contributed by atoms with van der Waals surface area (Å²) in [6.07, 6.45) is 1.91. The zero-order valence-electron chi connectivity index (χ0n) is 11.0. The van der Waals surface area contributed by atoms with Gasteiger partial charge >= 0.3 is 0 Å². The molecular weight excluding hydrogens is 356 g/mol. The number of hydrogen-bond donors (Lipinski definition) is 1. The summed E-state index contributed by atoms with van der Waals surface area (Å²) in [6.45, 7) is 0. The molecule has 0 aliphatic carbocycles. The average Bonchev–Trinajstić information content (AvgIpc) is 2.47. The first-order valence-electron chi connectivity index (χ1n) is 5.92. The summed E-state index contributed by atoms with van der Waals surface area (Å²) < 4.78 is 0.175. The topological polar surface area (TPSA) is 72.2 Å². The highest BCUT2D eigenvalue weighted by Gasteiger charge is 2.19. The van der Waals surface area contributed by atoms with E-state index in [0.717, 1.165) is 4.90 Å². The lowest BCUT2D eigenvalue weighted by Crippen LogP contribution is -2.13. The average molecular weight is 367 g/mol. The Hall–Kier alpha value is -1.86. The monoisotopic (exact) mass is 366 g/mol. The fourth-order valence-electron chi connectivity index (χ4n) is 1.77. The Bertz CT molecular complexity index is 706. The Morgan fingerprint density at radius 2 is 1.95 bits per heavy atom. The minimum absolute atomic E-state index is 0.138. The molecule has 21 heavy (non-hydrogen) atoms. The molecule has 0 radical (unpaired) electrons. The summed E-state index contributed by atoms with van der Waals surface area (Å²) in [4.78, 5) is 23.6. The van der Waals surface area contributed by atoms with Gasteiger partial charge in [-0.05, 0) is 40.4 Å². The van der Waals surface area contributed by atoms with Gasteiger partial charge in [-0.15, -0.1) is 11.8 Å². The van der Waals surface area contributed by atoms with Gasteiger partial charge in [-0.25, -0.2) is 0 Å². The van der Waals surface area contributed by atoms with Crippen molar-refractivity contribution in [3.8, 4) is 0 Å². The van der Waals surface area contributed by atoms with E-state index in [1.165, 1.54) is 30.0 Å². The van der Waals surface area contributed by atoms with Crippen molar-refractivity contribution < 1.29 is 9.72 Å². The third-order valence-corrected chi connectivity index (χ3v) is 4.40. The predicted octanol–water partition coefficient (Wildman–Crippen LogP) is 4.33. The fraction of sp³-hybridized carbons (Fsp3) is 0.0714. The third-order valence-electron chi connectivity index (χ3n) is 2.77. The van der Waals surface area contributed by atoms with Gasteiger partial charge in [0.15, 0.2) is 0 Å². The van der Waals surface area contributed by atoms with Crippen molar-refractivity contribution in [2.75, 3.05) is 11.6 Å². The van der Waals surface area contributed by atoms with E-state index in [9.17, 15) is 14.9 Å². The summed E-state index contributed by atoms with van der Waals surface area (Å²) in [5, 5.41) is 13.7. The Morgan fingerprint density at radius 1 is 1.24 bits per heavy atom. The van der Waals surface area contributed by atoms with Crippen molar-refractivity contribution in [1.29, 1.82) is 0 Å². The van der Waals surface area contributed by atoms with E-state index >= 15 is 0 Å². The molecule has 0 aliphatic heterocycles. The SMILES string of the molecule is CSc1ccccc1NC(=O)c1cccc([N+](=O)[O-])c1Br. The number of nitro groups is 1. The molecule has 2 aromatic rings. The first-order chi connectivity index (χ1) is 10.0. The summed E-state index contributed by atoms with van der Waals surface area (Å²) in [7, 11) is 0. The lowest BCUT2D eigenvalue weighted by molar-refractivity contribution is -0.385. The standard InChI is InChI=1S/C14H11BrN2O3S/c1-21-12-8-3-2-6-10(12)16-14(18)9-5-4-7-11(13(9)15)17(19)20/h2-8H,1H3,(H,16,18). The number of nitro benzene ring substituents is 1. The van der Waals surface area contributed by atoms with Gasteiger partial charge in [-0.3, -0.25) is 14.9 Å². The maximum absolute atomic E-state index is 12.3. The molecule has 0 spiro atoms. The smallest absolute Gasteiger partial charge is 0.284 e. The molecule has 7 heteroatoms. The van der Waals surface area contributed by atoms with Crippen LogP contribution in [0.5, 0.6) is 0 Å². The molecule has 5 nitrogen and oxygen atoms in total. The number of thioether (sulfide) groups is 1. The molecule has 0 saturated heterocycles. The molecule has 0 unspecified atom stereocenters. The van der Waals surface area contributed by atoms with Crippen molar-refractivity contribution >= 4 is 45.0 Å². The van der Waals surface area contributed by atoms with Crippen molar-refractivity contribution in [2.24, 2.45) is 0 Å². The first kappa shape index (κ1) is 15.5. The largest absolute Gasteiger partial charge is 0.321 e. The van der Waals surface area contributed by atoms with E-state index < -0.39 is 10.8 Å². The number of amides is 1. The van der Waals surface area contributed by atoms with Crippen LogP contribution in [-0.4, -0.2) is 17.1 Å². The number of halogens is 1. The lowest BCUT2D eigenvalue weighted by Gasteiger charge is -2.10. The molecule has 0 heterocycles. The minimum Gasteiger partial charge on any atom is -0.321 e. The van der Waals surface area contributed by atoms with Gasteiger partial charge in [0, 0.05) is 11.0 Å². The quantitative estimate of drug-likeness (QED) is 0.496. The Balaban J connectivity index is 2.33. The van der Waals surface area contributed by atoms with Crippen LogP contribution in [0, 0.1) is 10.1 Å². The molecule has 0 fully saturated rings. The third kappa shape index (κ3) is 3.43. The summed E-state index contributed by atoms with van der Waals surface area (Å²) in [5.41, 5.74) is 0.759. The van der Waals surface area contributed by atoms with E-state index in [1.807, 2.05) is 24.5 Å². The van der Waals surface area contributed by atoms with Gasteiger partial charge in [0.2, 0.25) is 0 Å². The number of para-hydroxylation sites is 1. The van der Waals surface area contributed by atoms with E-state index in [1.54, 1.807) is 6.07 Å². The number of benzene rings is 2. The van der Waals surface area contributed by atoms with E-state index in [2.05, 4.69) is 21.2 Å². The zero-order chi connectivity index (χ0) is 15.4. The molecule has 0 aliphatic rings. The number of rotatable bonds is 4. The summed E-state index contributed by atoms with van der Waals surface area (Å²) in [6, 6.07) is 11.7. The van der Waals surface area contributed by atoms with Crippen LogP contribution < -0.4 is 5.32 Å². The van der Waals surface area contributed by atoms with Gasteiger partial charge < -0.3 is 5.32 Å². The predicted molar refractivity (Wildman–Crippen MR) is 87.0 cm³/mol. The van der Waals surface area contributed by atoms with Gasteiger partial charge in [0.25, 0.3) is 11.6 Å². The summed E-state index contributed by atoms with van der Waals surface area (Å²) in [5.74, 6) is -0.396. The molecule has 2 rings (SSSR count). The van der Waals surface area contributed by atoms with Gasteiger partial charge in [-0.1, -0.05) is 18.2 Å². The molecule has 108 valence electrons. The number of anilines is 1. The molecule has 2 aromatic carbocycles. The molecular formula is C14H11BrN2O3S. The van der Waals surface area contributed by atoms with Crippen LogP contribution in [0.2, 0.25) is 0 Å². The van der Waals surface area contributed by atoms with Crippen molar-refractivity contribution in [3.05, 3.63) is 62.6 Å². The summed E-state index contributed by atoms with van der Waals surface area (Å²) >= 11 is 4.63. The van der Waals surface area contributed by atoms with Crippen LogP contribution in [0.1, 0.15) is 10.4 Å². The Labute approximate surface area is 134 Å². The fourth-order valence-corrected chi connectivity index (χ4v) is 2.92. The molecule has 1 amide bonds. The van der Waals surface area contributed by atoms with Crippen LogP contribution in [-0.2, 0) is 0 Å². The second kappa shape index (κ2) is 6.73. The van der Waals surface area contributed by atoms with Crippen LogP contribution in [0.15, 0.2) is 51.8 Å². The van der Waals surface area contributed by atoms with Gasteiger partial charge in [-0.2, -0.15) is 0 Å². The van der Waals surface area contributed by atoms with Gasteiger partial charge in [0.1, 0.15) is 4.47 Å². The van der Waals surface area contributed by atoms with Gasteiger partial charge in [0.05, 0.1) is 16.2 Å². The maximum atomic E-state index is 12.3. The number of nitrogens with zero attached hydrogens (tertiary/aromatic N) is 1. The molecule has 0 aromatic heterocycles. The van der Waals surface area contributed by atoms with Crippen molar-refractivity contribution in [3.63, 3.8) is 0 Å². The van der Waals surface area contributed by atoms with Crippen LogP contribution in [0.25, 0.3) is 0 Å². The number of carbonyl (C=O) groups is 1.